The van der Waals surface area contributed by atoms with Crippen LogP contribution in [-0.2, 0) is 6.42 Å². The van der Waals surface area contributed by atoms with Crippen LogP contribution >= 0.6 is 22.9 Å². The van der Waals surface area contributed by atoms with Gasteiger partial charge in [0.25, 0.3) is 11.6 Å². The van der Waals surface area contributed by atoms with E-state index in [1.165, 1.54) is 44.6 Å². The summed E-state index contributed by atoms with van der Waals surface area (Å²) in [5, 5.41) is 14.9. The van der Waals surface area contributed by atoms with Crippen molar-refractivity contribution in [2.75, 3.05) is 20.8 Å². The molecule has 3 aromatic rings. The molecule has 1 N–H and O–H groups in total. The lowest BCUT2D eigenvalue weighted by Crippen LogP contribution is -2.25. The molecule has 3 rings (SSSR count). The molecule has 0 spiro atoms. The first-order valence-electron chi connectivity index (χ1n) is 8.40. The van der Waals surface area contributed by atoms with Crippen LogP contribution in [0.1, 0.15) is 15.2 Å². The number of fused-ring (bicyclic) bond motifs is 1. The Labute approximate surface area is 174 Å². The lowest BCUT2D eigenvalue weighted by atomic mass is 10.1. The van der Waals surface area contributed by atoms with E-state index in [-0.39, 0.29) is 34.3 Å². The van der Waals surface area contributed by atoms with Crippen molar-refractivity contribution in [3.63, 3.8) is 0 Å². The number of nitro benzene ring substituents is 1. The van der Waals surface area contributed by atoms with Gasteiger partial charge in [-0.05, 0) is 30.7 Å². The highest BCUT2D eigenvalue weighted by molar-refractivity contribution is 7.21. The monoisotopic (exact) mass is 438 g/mol. The summed E-state index contributed by atoms with van der Waals surface area (Å²) in [6.07, 6.45) is 0.194. The fourth-order valence-corrected chi connectivity index (χ4v) is 4.31. The highest BCUT2D eigenvalue weighted by Crippen LogP contribution is 2.36. The number of hydrogen-bond donors (Lipinski definition) is 1. The van der Waals surface area contributed by atoms with E-state index in [0.29, 0.717) is 21.4 Å². The number of hydrogen-bond acceptors (Lipinski definition) is 6. The smallest absolute Gasteiger partial charge is 0.276 e. The summed E-state index contributed by atoms with van der Waals surface area (Å²) >= 11 is 7.33. The lowest BCUT2D eigenvalue weighted by molar-refractivity contribution is -0.385. The second-order valence-corrected chi connectivity index (χ2v) is 7.41. The second kappa shape index (κ2) is 8.62. The van der Waals surface area contributed by atoms with E-state index in [0.717, 1.165) is 11.3 Å². The first-order valence-corrected chi connectivity index (χ1v) is 9.60. The molecule has 29 heavy (non-hydrogen) atoms. The first kappa shape index (κ1) is 20.8. The number of nitrogens with zero attached hydrogens (tertiary/aromatic N) is 1. The van der Waals surface area contributed by atoms with Crippen molar-refractivity contribution in [3.05, 3.63) is 61.7 Å². The Morgan fingerprint density at radius 1 is 1.24 bits per heavy atom. The van der Waals surface area contributed by atoms with E-state index in [9.17, 15) is 19.3 Å². The molecule has 7 nitrogen and oxygen atoms in total. The molecular weight excluding hydrogens is 423 g/mol. The minimum Gasteiger partial charge on any atom is -0.493 e. The van der Waals surface area contributed by atoms with E-state index in [4.69, 9.17) is 21.1 Å². The van der Waals surface area contributed by atoms with Gasteiger partial charge in [0.2, 0.25) is 0 Å². The van der Waals surface area contributed by atoms with Crippen LogP contribution in [0.2, 0.25) is 5.02 Å². The fourth-order valence-electron chi connectivity index (χ4n) is 2.86. The third-order valence-electron chi connectivity index (χ3n) is 4.26. The molecule has 0 aliphatic heterocycles. The third-order valence-corrected chi connectivity index (χ3v) is 5.92. The molecule has 0 aliphatic carbocycles. The van der Waals surface area contributed by atoms with Crippen LogP contribution in [0.5, 0.6) is 11.5 Å². The predicted molar refractivity (Wildman–Crippen MR) is 109 cm³/mol. The lowest BCUT2D eigenvalue weighted by Gasteiger charge is -2.11. The standard InChI is InChI=1S/C19H16ClFN2O5S/c1-27-14-7-10(13(23(25)26)9-15(14)28-2)5-6-22-19(24)18-17(20)12-4-3-11(21)8-16(12)29-18/h3-4,7-9H,5-6H2,1-2H3,(H,22,24). The molecular formula is C19H16ClFN2O5S. The minimum atomic E-state index is -0.517. The fraction of sp³-hybridized carbons (Fsp3) is 0.211. The number of thiophene rings is 1. The van der Waals surface area contributed by atoms with E-state index >= 15 is 0 Å². The van der Waals surface area contributed by atoms with Gasteiger partial charge in [0.15, 0.2) is 11.5 Å². The average molecular weight is 439 g/mol. The van der Waals surface area contributed by atoms with Gasteiger partial charge in [0.05, 0.1) is 30.2 Å². The zero-order chi connectivity index (χ0) is 21.1. The molecule has 0 bridgehead atoms. The highest BCUT2D eigenvalue weighted by Gasteiger charge is 2.21. The summed E-state index contributed by atoms with van der Waals surface area (Å²) in [5.74, 6) is -0.242. The topological polar surface area (TPSA) is 90.7 Å². The van der Waals surface area contributed by atoms with E-state index in [1.807, 2.05) is 0 Å². The van der Waals surface area contributed by atoms with Crippen molar-refractivity contribution < 1.29 is 23.6 Å². The molecule has 1 heterocycles. The third kappa shape index (κ3) is 4.25. The van der Waals surface area contributed by atoms with Crippen LogP contribution in [-0.4, -0.2) is 31.6 Å². The SMILES string of the molecule is COc1cc(CCNC(=O)c2sc3cc(F)ccc3c2Cl)c([N+](=O)[O-])cc1OC. The molecule has 152 valence electrons. The number of ether oxygens (including phenoxy) is 2. The molecule has 0 saturated heterocycles. The Kier molecular flexibility index (Phi) is 6.19. The zero-order valence-electron chi connectivity index (χ0n) is 15.5. The normalized spacial score (nSPS) is 10.8. The molecule has 0 unspecified atom stereocenters. The number of amides is 1. The van der Waals surface area contributed by atoms with Gasteiger partial charge >= 0.3 is 0 Å². The molecule has 0 aliphatic rings. The number of halogens is 2. The Bertz CT molecular complexity index is 1100. The summed E-state index contributed by atoms with van der Waals surface area (Å²) in [5.41, 5.74) is 0.254. The molecule has 0 fully saturated rings. The molecule has 2 aromatic carbocycles. The van der Waals surface area contributed by atoms with E-state index in [1.54, 1.807) is 0 Å². The van der Waals surface area contributed by atoms with Crippen molar-refractivity contribution >= 4 is 44.6 Å². The molecule has 10 heteroatoms. The number of carbonyl (C=O) groups is 1. The molecule has 1 amide bonds. The molecule has 0 saturated carbocycles. The van der Waals surface area contributed by atoms with Gasteiger partial charge in [-0.2, -0.15) is 0 Å². The Balaban J connectivity index is 1.77. The van der Waals surface area contributed by atoms with Gasteiger partial charge in [-0.25, -0.2) is 4.39 Å². The van der Waals surface area contributed by atoms with Gasteiger partial charge in [-0.3, -0.25) is 14.9 Å². The number of rotatable bonds is 7. The summed E-state index contributed by atoms with van der Waals surface area (Å²) in [4.78, 5) is 23.6. The second-order valence-electron chi connectivity index (χ2n) is 5.98. The van der Waals surface area contributed by atoms with Gasteiger partial charge in [0, 0.05) is 22.2 Å². The molecule has 0 atom stereocenters. The zero-order valence-corrected chi connectivity index (χ0v) is 17.0. The maximum Gasteiger partial charge on any atom is 0.276 e. The average Bonchev–Trinajstić information content (AvgIpc) is 3.02. The largest absolute Gasteiger partial charge is 0.493 e. The van der Waals surface area contributed by atoms with Crippen molar-refractivity contribution in [3.8, 4) is 11.5 Å². The van der Waals surface area contributed by atoms with Crippen molar-refractivity contribution in [1.29, 1.82) is 0 Å². The summed E-state index contributed by atoms with van der Waals surface area (Å²) in [6, 6.07) is 6.91. The Morgan fingerprint density at radius 3 is 2.59 bits per heavy atom. The molecule has 0 radical (unpaired) electrons. The Morgan fingerprint density at radius 2 is 1.93 bits per heavy atom. The summed E-state index contributed by atoms with van der Waals surface area (Å²) in [6.45, 7) is 0.133. The number of nitro groups is 1. The molecule has 1 aromatic heterocycles. The van der Waals surface area contributed by atoms with Crippen LogP contribution in [0.3, 0.4) is 0 Å². The van der Waals surface area contributed by atoms with Gasteiger partial charge in [0.1, 0.15) is 10.7 Å². The van der Waals surface area contributed by atoms with Crippen LogP contribution in [0, 0.1) is 15.9 Å². The van der Waals surface area contributed by atoms with Crippen LogP contribution < -0.4 is 14.8 Å². The highest BCUT2D eigenvalue weighted by atomic mass is 35.5. The van der Waals surface area contributed by atoms with Crippen LogP contribution in [0.4, 0.5) is 10.1 Å². The van der Waals surface area contributed by atoms with Crippen molar-refractivity contribution in [2.45, 2.75) is 6.42 Å². The van der Waals surface area contributed by atoms with Crippen LogP contribution in [0.25, 0.3) is 10.1 Å². The predicted octanol–water partition coefficient (Wildman–Crippen LogP) is 4.59. The number of benzene rings is 2. The number of carbonyl (C=O) groups excluding carboxylic acids is 1. The first-order chi connectivity index (χ1) is 13.8. The van der Waals surface area contributed by atoms with E-state index < -0.39 is 16.6 Å². The van der Waals surface area contributed by atoms with Gasteiger partial charge in [-0.15, -0.1) is 11.3 Å². The van der Waals surface area contributed by atoms with Crippen molar-refractivity contribution in [1.82, 2.24) is 5.32 Å². The minimum absolute atomic E-state index is 0.132. The summed E-state index contributed by atoms with van der Waals surface area (Å²) < 4.78 is 24.2. The number of nitrogens with one attached hydrogen (secondary N) is 1. The maximum absolute atomic E-state index is 13.4. The Hall–Kier alpha value is -2.91. The van der Waals surface area contributed by atoms with Crippen molar-refractivity contribution in [2.24, 2.45) is 0 Å². The van der Waals surface area contributed by atoms with Crippen LogP contribution in [0.15, 0.2) is 30.3 Å². The van der Waals surface area contributed by atoms with Gasteiger partial charge < -0.3 is 14.8 Å². The maximum atomic E-state index is 13.4. The van der Waals surface area contributed by atoms with E-state index in [2.05, 4.69) is 5.32 Å². The quantitative estimate of drug-likeness (QED) is 0.430. The number of methoxy groups -OCH3 is 2. The van der Waals surface area contributed by atoms with Gasteiger partial charge in [-0.1, -0.05) is 11.6 Å². The summed E-state index contributed by atoms with van der Waals surface area (Å²) in [7, 11) is 2.82.